The third-order valence-electron chi connectivity index (χ3n) is 6.53. The van der Waals surface area contributed by atoms with Crippen LogP contribution < -0.4 is 5.32 Å². The minimum absolute atomic E-state index is 0.103. The van der Waals surface area contributed by atoms with E-state index in [1.54, 1.807) is 12.3 Å². The number of fused-ring (bicyclic) bond motifs is 1. The summed E-state index contributed by atoms with van der Waals surface area (Å²) in [5.41, 5.74) is 1.65. The number of piperidine rings is 1. The van der Waals surface area contributed by atoms with Crippen molar-refractivity contribution in [2.45, 2.75) is 38.3 Å². The van der Waals surface area contributed by atoms with Gasteiger partial charge in [-0.25, -0.2) is 0 Å². The minimum Gasteiger partial charge on any atom is -0.352 e. The number of aromatic nitrogens is 1. The van der Waals surface area contributed by atoms with Crippen LogP contribution in [0.25, 0.3) is 10.9 Å². The van der Waals surface area contributed by atoms with Crippen molar-refractivity contribution in [2.24, 2.45) is 5.92 Å². The van der Waals surface area contributed by atoms with Crippen molar-refractivity contribution < 1.29 is 18.0 Å². The monoisotopic (exact) mass is 469 g/mol. The third kappa shape index (κ3) is 6.56. The van der Waals surface area contributed by atoms with Gasteiger partial charge in [0.25, 0.3) is 5.91 Å². The smallest absolute Gasteiger partial charge is 0.352 e. The van der Waals surface area contributed by atoms with Crippen LogP contribution in [0.4, 0.5) is 13.2 Å². The number of unbranched alkanes of at least 4 members (excludes halogenated alkanes) is 1. The fraction of sp³-hybridized carbons (Fsp3) is 0.407. The number of pyridine rings is 1. The van der Waals surface area contributed by atoms with E-state index in [1.807, 2.05) is 30.3 Å². The first-order chi connectivity index (χ1) is 16.4. The first kappa shape index (κ1) is 24.2. The molecule has 34 heavy (non-hydrogen) atoms. The van der Waals surface area contributed by atoms with Crippen molar-refractivity contribution in [3.63, 3.8) is 0 Å². The summed E-state index contributed by atoms with van der Waals surface area (Å²) in [7, 11) is 0. The molecule has 2 heterocycles. The van der Waals surface area contributed by atoms with Crippen LogP contribution in [0.2, 0.25) is 0 Å². The Morgan fingerprint density at radius 2 is 1.82 bits per heavy atom. The standard InChI is InChI=1S/C27H30F3N3O/c28-27(29,30)24-8-5-6-21(17-24)16-20-10-14-33(15-11-20)13-4-3-12-31-26(34)23-18-22-7-1-2-9-25(22)32-19-23/h1-2,5-9,17-20H,3-4,10-16H2,(H,31,34). The summed E-state index contributed by atoms with van der Waals surface area (Å²) in [6.07, 6.45) is 1.93. The number of likely N-dealkylation sites (tertiary alicyclic amines) is 1. The molecule has 2 aromatic carbocycles. The Morgan fingerprint density at radius 1 is 1.03 bits per heavy atom. The van der Waals surface area contributed by atoms with E-state index >= 15 is 0 Å². The Bertz CT molecular complexity index is 1110. The molecule has 0 unspecified atom stereocenters. The predicted octanol–water partition coefficient (Wildman–Crippen LogP) is 5.72. The van der Waals surface area contributed by atoms with Gasteiger partial charge in [0, 0.05) is 18.1 Å². The second-order valence-corrected chi connectivity index (χ2v) is 9.07. The third-order valence-corrected chi connectivity index (χ3v) is 6.53. The molecule has 1 aliphatic rings. The first-order valence-corrected chi connectivity index (χ1v) is 11.9. The molecule has 0 radical (unpaired) electrons. The molecule has 180 valence electrons. The van der Waals surface area contributed by atoms with Gasteiger partial charge in [-0.2, -0.15) is 13.2 Å². The first-order valence-electron chi connectivity index (χ1n) is 11.9. The van der Waals surface area contributed by atoms with Gasteiger partial charge in [0.15, 0.2) is 0 Å². The molecular formula is C27H30F3N3O. The van der Waals surface area contributed by atoms with Gasteiger partial charge in [0.05, 0.1) is 16.6 Å². The van der Waals surface area contributed by atoms with E-state index in [2.05, 4.69) is 15.2 Å². The van der Waals surface area contributed by atoms with Crippen molar-refractivity contribution in [1.29, 1.82) is 0 Å². The summed E-state index contributed by atoms with van der Waals surface area (Å²) in [5.74, 6) is 0.322. The number of para-hydroxylation sites is 1. The van der Waals surface area contributed by atoms with Crippen LogP contribution in [0.1, 0.15) is 47.2 Å². The lowest BCUT2D eigenvalue weighted by atomic mass is 9.89. The second kappa shape index (κ2) is 11.0. The summed E-state index contributed by atoms with van der Waals surface area (Å²) in [6.45, 7) is 3.54. The fourth-order valence-corrected chi connectivity index (χ4v) is 4.58. The Labute approximate surface area is 198 Å². The van der Waals surface area contributed by atoms with Crippen LogP contribution in [0, 0.1) is 5.92 Å². The molecule has 0 spiro atoms. The molecule has 1 aromatic heterocycles. The lowest BCUT2D eigenvalue weighted by molar-refractivity contribution is -0.137. The van der Waals surface area contributed by atoms with E-state index in [0.29, 0.717) is 24.4 Å². The Morgan fingerprint density at radius 3 is 2.62 bits per heavy atom. The molecule has 0 aliphatic carbocycles. The van der Waals surface area contributed by atoms with Gasteiger partial charge in [-0.05, 0) is 81.4 Å². The molecular weight excluding hydrogens is 439 g/mol. The number of alkyl halides is 3. The normalized spacial score (nSPS) is 15.5. The molecule has 0 atom stereocenters. The van der Waals surface area contributed by atoms with Gasteiger partial charge >= 0.3 is 6.18 Å². The maximum absolute atomic E-state index is 12.9. The molecule has 4 rings (SSSR count). The highest BCUT2D eigenvalue weighted by molar-refractivity contribution is 5.97. The van der Waals surface area contributed by atoms with E-state index < -0.39 is 11.7 Å². The summed E-state index contributed by atoms with van der Waals surface area (Å²) in [5, 5.41) is 3.92. The quantitative estimate of drug-likeness (QED) is 0.429. The molecule has 1 aliphatic heterocycles. The van der Waals surface area contributed by atoms with Crippen molar-refractivity contribution in [1.82, 2.24) is 15.2 Å². The average Bonchev–Trinajstić information content (AvgIpc) is 2.84. The highest BCUT2D eigenvalue weighted by Crippen LogP contribution is 2.31. The second-order valence-electron chi connectivity index (χ2n) is 9.07. The number of benzene rings is 2. The lowest BCUT2D eigenvalue weighted by Crippen LogP contribution is -2.35. The van der Waals surface area contributed by atoms with E-state index in [0.717, 1.165) is 67.9 Å². The lowest BCUT2D eigenvalue weighted by Gasteiger charge is -2.32. The number of hydrogen-bond acceptors (Lipinski definition) is 3. The van der Waals surface area contributed by atoms with E-state index in [4.69, 9.17) is 0 Å². The molecule has 1 amide bonds. The SMILES string of the molecule is O=C(NCCCCN1CCC(Cc2cccc(C(F)(F)F)c2)CC1)c1cnc2ccccc2c1. The van der Waals surface area contributed by atoms with Gasteiger partial charge in [0.1, 0.15) is 0 Å². The summed E-state index contributed by atoms with van der Waals surface area (Å²) in [4.78, 5) is 19.1. The molecule has 1 saturated heterocycles. The molecule has 0 saturated carbocycles. The van der Waals surface area contributed by atoms with Crippen molar-refractivity contribution >= 4 is 16.8 Å². The molecule has 7 heteroatoms. The Balaban J connectivity index is 1.13. The number of amides is 1. The predicted molar refractivity (Wildman–Crippen MR) is 128 cm³/mol. The maximum Gasteiger partial charge on any atom is 0.416 e. The van der Waals surface area contributed by atoms with Gasteiger partial charge in [-0.15, -0.1) is 0 Å². The zero-order valence-corrected chi connectivity index (χ0v) is 19.2. The Kier molecular flexibility index (Phi) is 7.83. The van der Waals surface area contributed by atoms with E-state index in [1.165, 1.54) is 12.1 Å². The molecule has 0 bridgehead atoms. The van der Waals surface area contributed by atoms with Crippen molar-refractivity contribution in [2.75, 3.05) is 26.2 Å². The van der Waals surface area contributed by atoms with Crippen LogP contribution in [-0.2, 0) is 12.6 Å². The largest absolute Gasteiger partial charge is 0.416 e. The molecule has 3 aromatic rings. The number of carbonyl (C=O) groups excluding carboxylic acids is 1. The van der Waals surface area contributed by atoms with Crippen molar-refractivity contribution in [3.05, 3.63) is 77.5 Å². The maximum atomic E-state index is 12.9. The summed E-state index contributed by atoms with van der Waals surface area (Å²) in [6, 6.07) is 15.3. The highest BCUT2D eigenvalue weighted by Gasteiger charge is 2.30. The number of carbonyl (C=O) groups is 1. The molecule has 1 N–H and O–H groups in total. The van der Waals surface area contributed by atoms with Gasteiger partial charge in [-0.3, -0.25) is 9.78 Å². The fourth-order valence-electron chi connectivity index (χ4n) is 4.58. The molecule has 1 fully saturated rings. The van der Waals surface area contributed by atoms with Crippen LogP contribution in [0.3, 0.4) is 0 Å². The van der Waals surface area contributed by atoms with E-state index in [9.17, 15) is 18.0 Å². The number of halogens is 3. The average molecular weight is 470 g/mol. The van der Waals surface area contributed by atoms with Crippen LogP contribution in [-0.4, -0.2) is 42.0 Å². The van der Waals surface area contributed by atoms with Gasteiger partial charge < -0.3 is 10.2 Å². The van der Waals surface area contributed by atoms with E-state index in [-0.39, 0.29) is 5.91 Å². The molecule has 4 nitrogen and oxygen atoms in total. The summed E-state index contributed by atoms with van der Waals surface area (Å²) < 4.78 is 38.8. The van der Waals surface area contributed by atoms with Crippen LogP contribution in [0.5, 0.6) is 0 Å². The number of nitrogens with zero attached hydrogens (tertiary/aromatic N) is 2. The Hall–Kier alpha value is -2.93. The topological polar surface area (TPSA) is 45.2 Å². The van der Waals surface area contributed by atoms with Crippen LogP contribution >= 0.6 is 0 Å². The highest BCUT2D eigenvalue weighted by atomic mass is 19.4. The number of nitrogens with one attached hydrogen (secondary N) is 1. The number of hydrogen-bond donors (Lipinski definition) is 1. The zero-order valence-electron chi connectivity index (χ0n) is 19.2. The van der Waals surface area contributed by atoms with Crippen LogP contribution in [0.15, 0.2) is 60.8 Å². The number of rotatable bonds is 8. The van der Waals surface area contributed by atoms with Gasteiger partial charge in [0.2, 0.25) is 0 Å². The minimum atomic E-state index is -4.29. The van der Waals surface area contributed by atoms with Gasteiger partial charge in [-0.1, -0.05) is 36.4 Å². The van der Waals surface area contributed by atoms with Crippen molar-refractivity contribution in [3.8, 4) is 0 Å². The summed E-state index contributed by atoms with van der Waals surface area (Å²) >= 11 is 0. The zero-order chi connectivity index (χ0) is 24.0.